The van der Waals surface area contributed by atoms with Crippen LogP contribution in [0.15, 0.2) is 60.9 Å². The smallest absolute Gasteiger partial charge is 0.324 e. The first-order valence-corrected chi connectivity index (χ1v) is 12.9. The van der Waals surface area contributed by atoms with E-state index >= 15 is 0 Å². The molecule has 41 heavy (non-hydrogen) atoms. The fourth-order valence-electron chi connectivity index (χ4n) is 4.44. The summed E-state index contributed by atoms with van der Waals surface area (Å²) in [6.07, 6.45) is 3.15. The summed E-state index contributed by atoms with van der Waals surface area (Å²) in [6, 6.07) is 10.8. The third-order valence-corrected chi connectivity index (χ3v) is 6.80. The van der Waals surface area contributed by atoms with Gasteiger partial charge in [-0.2, -0.15) is 0 Å². The second kappa shape index (κ2) is 11.6. The molecule has 5 rings (SSSR count). The van der Waals surface area contributed by atoms with E-state index in [2.05, 4.69) is 25.9 Å². The Labute approximate surface area is 238 Å². The molecule has 13 heteroatoms. The van der Waals surface area contributed by atoms with Gasteiger partial charge in [-0.1, -0.05) is 23.7 Å². The van der Waals surface area contributed by atoms with Gasteiger partial charge in [-0.15, -0.1) is 0 Å². The quantitative estimate of drug-likeness (QED) is 0.221. The van der Waals surface area contributed by atoms with Gasteiger partial charge in [0, 0.05) is 56.3 Å². The molecule has 11 nitrogen and oxygen atoms in total. The predicted octanol–water partition coefficient (Wildman–Crippen LogP) is 4.00. The molecule has 4 aromatic rings. The van der Waals surface area contributed by atoms with E-state index in [0.29, 0.717) is 5.02 Å². The summed E-state index contributed by atoms with van der Waals surface area (Å²) in [4.78, 5) is 57.6. The highest BCUT2D eigenvalue weighted by atomic mass is 35.5. The number of carbonyl (C=O) groups excluding carboxylic acids is 4. The summed E-state index contributed by atoms with van der Waals surface area (Å²) in [7, 11) is 1.47. The number of para-hydroxylation sites is 1. The van der Waals surface area contributed by atoms with Gasteiger partial charge in [0.15, 0.2) is 0 Å². The van der Waals surface area contributed by atoms with Crippen LogP contribution in [0.2, 0.25) is 5.02 Å². The van der Waals surface area contributed by atoms with Crippen LogP contribution in [0.4, 0.5) is 14.9 Å². The average molecular weight is 579 g/mol. The van der Waals surface area contributed by atoms with Crippen LogP contribution in [-0.4, -0.2) is 58.3 Å². The lowest BCUT2D eigenvalue weighted by molar-refractivity contribution is -0.127. The zero-order chi connectivity index (χ0) is 29.1. The Morgan fingerprint density at radius 1 is 1.15 bits per heavy atom. The second-order valence-corrected chi connectivity index (χ2v) is 9.58. The first kappa shape index (κ1) is 27.6. The molecule has 1 fully saturated rings. The van der Waals surface area contributed by atoms with E-state index in [1.54, 1.807) is 18.3 Å². The van der Waals surface area contributed by atoms with E-state index < -0.39 is 35.6 Å². The van der Waals surface area contributed by atoms with Gasteiger partial charge < -0.3 is 25.7 Å². The van der Waals surface area contributed by atoms with Crippen molar-refractivity contribution in [1.82, 2.24) is 25.5 Å². The fraction of sp³-hybridized carbons (Fsp3) is 0.179. The van der Waals surface area contributed by atoms with Gasteiger partial charge >= 0.3 is 6.03 Å². The van der Waals surface area contributed by atoms with Gasteiger partial charge in [0.05, 0.1) is 16.2 Å². The second-order valence-electron chi connectivity index (χ2n) is 9.17. The average Bonchev–Trinajstić information content (AvgIpc) is 3.49. The number of aromatic nitrogens is 2. The summed E-state index contributed by atoms with van der Waals surface area (Å²) in [5.74, 6) is -1.79. The van der Waals surface area contributed by atoms with Crippen LogP contribution in [0.5, 0.6) is 11.5 Å². The summed E-state index contributed by atoms with van der Waals surface area (Å²) in [5.41, 5.74) is 1.60. The van der Waals surface area contributed by atoms with Crippen molar-refractivity contribution in [3.8, 4) is 11.5 Å². The SMILES string of the molecule is CNC(=O)c1cc(Oc2ccc(NC(=O)CCN3C(=O)NC(Cc4c[nH]c5c(Cl)cccc45)C3=O)c(F)c2)ccn1. The zero-order valence-corrected chi connectivity index (χ0v) is 22.4. The minimum Gasteiger partial charge on any atom is -0.457 e. The molecule has 5 amide bonds. The summed E-state index contributed by atoms with van der Waals surface area (Å²) < 4.78 is 20.3. The van der Waals surface area contributed by atoms with Crippen molar-refractivity contribution in [2.45, 2.75) is 18.9 Å². The fourth-order valence-corrected chi connectivity index (χ4v) is 4.67. The first-order chi connectivity index (χ1) is 19.7. The monoisotopic (exact) mass is 578 g/mol. The van der Waals surface area contributed by atoms with Crippen LogP contribution >= 0.6 is 11.6 Å². The molecule has 1 saturated heterocycles. The van der Waals surface area contributed by atoms with Gasteiger partial charge in [0.2, 0.25) is 5.91 Å². The van der Waals surface area contributed by atoms with Crippen molar-refractivity contribution >= 4 is 51.9 Å². The molecular formula is C28H24ClFN6O5. The van der Waals surface area contributed by atoms with Gasteiger partial charge in [0.25, 0.3) is 11.8 Å². The molecule has 0 radical (unpaired) electrons. The maximum Gasteiger partial charge on any atom is 0.324 e. The van der Waals surface area contributed by atoms with Crippen LogP contribution in [0, 0.1) is 5.82 Å². The van der Waals surface area contributed by atoms with Crippen LogP contribution in [0.25, 0.3) is 10.9 Å². The molecule has 0 spiro atoms. The number of rotatable bonds is 9. The molecule has 3 heterocycles. The number of H-pyrrole nitrogens is 1. The van der Waals surface area contributed by atoms with Crippen LogP contribution in [0.3, 0.4) is 0 Å². The van der Waals surface area contributed by atoms with Crippen LogP contribution in [-0.2, 0) is 16.0 Å². The normalized spacial score (nSPS) is 14.7. The Bertz CT molecular complexity index is 1670. The maximum absolute atomic E-state index is 14.7. The number of pyridine rings is 1. The number of ether oxygens (including phenoxy) is 1. The minimum absolute atomic E-state index is 0.101. The Balaban J connectivity index is 1.16. The molecule has 1 aliphatic rings. The van der Waals surface area contributed by atoms with Crippen molar-refractivity contribution in [1.29, 1.82) is 0 Å². The minimum atomic E-state index is -0.790. The zero-order valence-electron chi connectivity index (χ0n) is 21.7. The lowest BCUT2D eigenvalue weighted by Crippen LogP contribution is -2.34. The highest BCUT2D eigenvalue weighted by Gasteiger charge is 2.38. The summed E-state index contributed by atoms with van der Waals surface area (Å²) >= 11 is 6.20. The Morgan fingerprint density at radius 3 is 2.73 bits per heavy atom. The topological polar surface area (TPSA) is 146 Å². The van der Waals surface area contributed by atoms with E-state index in [1.165, 1.54) is 37.5 Å². The number of benzene rings is 2. The third-order valence-electron chi connectivity index (χ3n) is 6.49. The molecule has 210 valence electrons. The number of aromatic amines is 1. The number of hydrogen-bond acceptors (Lipinski definition) is 6. The lowest BCUT2D eigenvalue weighted by atomic mass is 10.1. The number of fused-ring (bicyclic) bond motifs is 1. The molecule has 0 bridgehead atoms. The van der Waals surface area contributed by atoms with Crippen molar-refractivity contribution in [2.75, 3.05) is 18.9 Å². The van der Waals surface area contributed by atoms with Gasteiger partial charge in [-0.25, -0.2) is 9.18 Å². The van der Waals surface area contributed by atoms with Crippen molar-refractivity contribution in [2.24, 2.45) is 0 Å². The Hall–Kier alpha value is -4.97. The predicted molar refractivity (Wildman–Crippen MR) is 148 cm³/mol. The number of halogens is 2. The Kier molecular flexibility index (Phi) is 7.83. The van der Waals surface area contributed by atoms with E-state index in [-0.39, 0.29) is 42.3 Å². The molecule has 4 N–H and O–H groups in total. The number of urea groups is 1. The van der Waals surface area contributed by atoms with E-state index in [9.17, 15) is 23.6 Å². The van der Waals surface area contributed by atoms with Gasteiger partial charge in [-0.05, 0) is 29.8 Å². The number of carbonyl (C=O) groups is 4. The van der Waals surface area contributed by atoms with E-state index in [0.717, 1.165) is 27.4 Å². The van der Waals surface area contributed by atoms with Crippen molar-refractivity contribution in [3.05, 3.63) is 83.0 Å². The largest absolute Gasteiger partial charge is 0.457 e. The number of nitrogens with one attached hydrogen (secondary N) is 4. The Morgan fingerprint density at radius 2 is 1.95 bits per heavy atom. The lowest BCUT2D eigenvalue weighted by Gasteiger charge is -2.13. The number of imide groups is 1. The third kappa shape index (κ3) is 5.97. The molecule has 1 aliphatic heterocycles. The number of hydrogen-bond donors (Lipinski definition) is 4. The maximum atomic E-state index is 14.7. The van der Waals surface area contributed by atoms with E-state index in [1.807, 2.05) is 6.07 Å². The number of nitrogens with zero attached hydrogens (tertiary/aromatic N) is 2. The number of amides is 5. The molecule has 0 saturated carbocycles. The van der Waals surface area contributed by atoms with Gasteiger partial charge in [-0.3, -0.25) is 24.3 Å². The van der Waals surface area contributed by atoms with Crippen LogP contribution in [0.1, 0.15) is 22.5 Å². The van der Waals surface area contributed by atoms with Crippen LogP contribution < -0.4 is 20.7 Å². The molecular weight excluding hydrogens is 555 g/mol. The molecule has 2 aromatic heterocycles. The molecule has 1 atom stereocenters. The molecule has 1 unspecified atom stereocenters. The first-order valence-electron chi connectivity index (χ1n) is 12.5. The highest BCUT2D eigenvalue weighted by Crippen LogP contribution is 2.28. The van der Waals surface area contributed by atoms with Crippen molar-refractivity contribution < 1.29 is 28.3 Å². The number of anilines is 1. The molecule has 2 aromatic carbocycles. The highest BCUT2D eigenvalue weighted by molar-refractivity contribution is 6.35. The van der Waals surface area contributed by atoms with E-state index in [4.69, 9.17) is 16.3 Å². The van der Waals surface area contributed by atoms with Gasteiger partial charge in [0.1, 0.15) is 29.1 Å². The molecule has 0 aliphatic carbocycles. The summed E-state index contributed by atoms with van der Waals surface area (Å²) in [5, 5.41) is 8.94. The summed E-state index contributed by atoms with van der Waals surface area (Å²) in [6.45, 7) is -0.175. The van der Waals surface area contributed by atoms with Crippen molar-refractivity contribution in [3.63, 3.8) is 0 Å². The standard InChI is InChI=1S/C28H24ClFN6O5/c1-31-26(38)22-13-17(7-9-32-22)41-16-5-6-21(20(30)12-16)34-24(37)8-10-36-27(39)23(35-28(36)40)11-15-14-33-25-18(15)3-2-4-19(25)29/h2-7,9,12-14,23,33H,8,10-11H2,1H3,(H,31,38)(H,34,37)(H,35,40).